The highest BCUT2D eigenvalue weighted by atomic mass is 16.5. The molecular formula is C25H29N3O4. The van der Waals surface area contributed by atoms with Gasteiger partial charge in [0.2, 0.25) is 5.91 Å². The lowest BCUT2D eigenvalue weighted by molar-refractivity contribution is -0.140. The molecule has 3 rings (SSSR count). The Balaban J connectivity index is 1.32. The number of esters is 1. The van der Waals surface area contributed by atoms with E-state index in [2.05, 4.69) is 20.4 Å². The van der Waals surface area contributed by atoms with Crippen molar-refractivity contribution >= 4 is 34.3 Å². The number of hydrogen-bond donors (Lipinski definition) is 3. The van der Waals surface area contributed by atoms with Gasteiger partial charge in [0, 0.05) is 60.7 Å². The molecule has 0 saturated heterocycles. The van der Waals surface area contributed by atoms with Crippen molar-refractivity contribution in [3.8, 4) is 0 Å². The Kier molecular flexibility index (Phi) is 8.57. The number of fused-ring (bicyclic) bond motifs is 1. The number of para-hydroxylation sites is 1. The Labute approximate surface area is 187 Å². The van der Waals surface area contributed by atoms with E-state index in [0.29, 0.717) is 37.9 Å². The number of benzene rings is 2. The van der Waals surface area contributed by atoms with Crippen LogP contribution in [0.3, 0.4) is 0 Å². The predicted molar refractivity (Wildman–Crippen MR) is 125 cm³/mol. The van der Waals surface area contributed by atoms with E-state index in [1.54, 1.807) is 6.20 Å². The molecule has 32 heavy (non-hydrogen) atoms. The normalized spacial score (nSPS) is 10.8. The van der Waals surface area contributed by atoms with Gasteiger partial charge in [-0.3, -0.25) is 14.4 Å². The summed E-state index contributed by atoms with van der Waals surface area (Å²) in [7, 11) is 1.39. The third-order valence-electron chi connectivity index (χ3n) is 5.26. The zero-order valence-electron chi connectivity index (χ0n) is 18.3. The van der Waals surface area contributed by atoms with Gasteiger partial charge in [-0.05, 0) is 36.6 Å². The number of H-pyrrole nitrogens is 1. The van der Waals surface area contributed by atoms with Crippen LogP contribution in [0.2, 0.25) is 0 Å². The Bertz CT molecular complexity index is 1060. The maximum absolute atomic E-state index is 12.4. The minimum Gasteiger partial charge on any atom is -0.469 e. The molecule has 0 aliphatic heterocycles. The minimum atomic E-state index is -0.204. The van der Waals surface area contributed by atoms with E-state index in [-0.39, 0.29) is 17.7 Å². The average Bonchev–Trinajstić information content (AvgIpc) is 3.24. The highest BCUT2D eigenvalue weighted by Gasteiger charge is 2.11. The van der Waals surface area contributed by atoms with Crippen LogP contribution in [-0.4, -0.2) is 42.8 Å². The van der Waals surface area contributed by atoms with Crippen LogP contribution in [0, 0.1) is 0 Å². The molecule has 168 valence electrons. The van der Waals surface area contributed by atoms with Crippen molar-refractivity contribution < 1.29 is 19.1 Å². The highest BCUT2D eigenvalue weighted by Crippen LogP contribution is 2.19. The van der Waals surface area contributed by atoms with Crippen molar-refractivity contribution in [1.82, 2.24) is 10.3 Å². The van der Waals surface area contributed by atoms with Gasteiger partial charge in [-0.1, -0.05) is 30.3 Å². The molecule has 7 heteroatoms. The maximum Gasteiger partial charge on any atom is 0.305 e. The van der Waals surface area contributed by atoms with Crippen molar-refractivity contribution in [2.24, 2.45) is 0 Å². The summed E-state index contributed by atoms with van der Waals surface area (Å²) in [6, 6.07) is 15.3. The molecule has 0 bridgehead atoms. The number of anilines is 1. The molecule has 0 saturated carbocycles. The number of carbonyl (C=O) groups excluding carboxylic acids is 3. The molecule has 3 N–H and O–H groups in total. The zero-order chi connectivity index (χ0) is 22.8. The van der Waals surface area contributed by atoms with E-state index in [4.69, 9.17) is 0 Å². The topological polar surface area (TPSA) is 100 Å². The SMILES string of the molecule is COC(=O)CCCc1ccc(NC(=O)CCNCCC(=O)c2c[nH]c3ccccc23)cc1. The largest absolute Gasteiger partial charge is 0.469 e. The molecule has 0 aliphatic carbocycles. The molecule has 0 spiro atoms. The molecule has 0 aliphatic rings. The Hall–Kier alpha value is -3.45. The smallest absolute Gasteiger partial charge is 0.305 e. The fourth-order valence-corrected chi connectivity index (χ4v) is 3.48. The monoisotopic (exact) mass is 435 g/mol. The van der Waals surface area contributed by atoms with Gasteiger partial charge < -0.3 is 20.4 Å². The molecule has 7 nitrogen and oxygen atoms in total. The lowest BCUT2D eigenvalue weighted by Gasteiger charge is -2.08. The van der Waals surface area contributed by atoms with Crippen LogP contribution in [0.4, 0.5) is 5.69 Å². The number of ketones is 1. The van der Waals surface area contributed by atoms with Crippen LogP contribution in [-0.2, 0) is 20.7 Å². The quantitative estimate of drug-likeness (QED) is 0.228. The van der Waals surface area contributed by atoms with Gasteiger partial charge in [0.15, 0.2) is 5.78 Å². The van der Waals surface area contributed by atoms with Crippen molar-refractivity contribution in [1.29, 1.82) is 0 Å². The first-order valence-electron chi connectivity index (χ1n) is 10.8. The van der Waals surface area contributed by atoms with E-state index in [1.165, 1.54) is 7.11 Å². The van der Waals surface area contributed by atoms with E-state index in [1.807, 2.05) is 48.5 Å². The summed E-state index contributed by atoms with van der Waals surface area (Å²) in [5, 5.41) is 6.97. The van der Waals surface area contributed by atoms with Gasteiger partial charge in [-0.15, -0.1) is 0 Å². The molecular weight excluding hydrogens is 406 g/mol. The molecule has 1 aromatic heterocycles. The van der Waals surface area contributed by atoms with Crippen LogP contribution in [0.15, 0.2) is 54.7 Å². The number of methoxy groups -OCH3 is 1. The summed E-state index contributed by atoms with van der Waals surface area (Å²) >= 11 is 0. The van der Waals surface area contributed by atoms with Crippen molar-refractivity contribution in [2.45, 2.75) is 32.1 Å². The number of aromatic nitrogens is 1. The lowest BCUT2D eigenvalue weighted by Crippen LogP contribution is -2.24. The van der Waals surface area contributed by atoms with Crippen LogP contribution < -0.4 is 10.6 Å². The highest BCUT2D eigenvalue weighted by molar-refractivity contribution is 6.07. The van der Waals surface area contributed by atoms with E-state index in [0.717, 1.165) is 35.0 Å². The summed E-state index contributed by atoms with van der Waals surface area (Å²) in [6.45, 7) is 1.02. The first-order chi connectivity index (χ1) is 15.6. The number of amides is 1. The number of hydrogen-bond acceptors (Lipinski definition) is 5. The molecule has 0 unspecified atom stereocenters. The minimum absolute atomic E-state index is 0.0751. The van der Waals surface area contributed by atoms with Crippen LogP contribution in [0.1, 0.15) is 41.6 Å². The number of aromatic amines is 1. The standard InChI is InChI=1S/C25H29N3O4/c1-32-25(31)8-4-5-18-9-11-19(12-10-18)28-24(30)14-16-26-15-13-23(29)21-17-27-22-7-3-2-6-20(21)22/h2-3,6-7,9-12,17,26-27H,4-5,8,13-16H2,1H3,(H,28,30). The maximum atomic E-state index is 12.4. The third-order valence-corrected chi connectivity index (χ3v) is 5.26. The summed E-state index contributed by atoms with van der Waals surface area (Å²) in [4.78, 5) is 38.8. The number of rotatable bonds is 12. The molecule has 3 aromatic rings. The van der Waals surface area contributed by atoms with Crippen molar-refractivity contribution in [2.75, 3.05) is 25.5 Å². The second kappa shape index (κ2) is 11.8. The van der Waals surface area contributed by atoms with Crippen LogP contribution >= 0.6 is 0 Å². The molecule has 1 amide bonds. The first-order valence-corrected chi connectivity index (χ1v) is 10.8. The molecule has 2 aromatic carbocycles. The van der Waals surface area contributed by atoms with Gasteiger partial charge in [0.25, 0.3) is 0 Å². The van der Waals surface area contributed by atoms with E-state index < -0.39 is 0 Å². The summed E-state index contributed by atoms with van der Waals surface area (Å²) in [5.74, 6) is -0.213. The number of Topliss-reactive ketones (excluding diaryl/α,β-unsaturated/α-hetero) is 1. The van der Waals surface area contributed by atoms with Gasteiger partial charge >= 0.3 is 5.97 Å². The zero-order valence-corrected chi connectivity index (χ0v) is 18.3. The van der Waals surface area contributed by atoms with Crippen LogP contribution in [0.5, 0.6) is 0 Å². The molecule has 0 fully saturated rings. The Morgan fingerprint density at radius 3 is 2.47 bits per heavy atom. The summed E-state index contributed by atoms with van der Waals surface area (Å²) in [6.07, 6.45) is 4.36. The number of carbonyl (C=O) groups is 3. The first kappa shape index (κ1) is 23.2. The molecule has 1 heterocycles. The van der Waals surface area contributed by atoms with Crippen molar-refractivity contribution in [3.05, 3.63) is 65.9 Å². The van der Waals surface area contributed by atoms with Gasteiger partial charge in [-0.25, -0.2) is 0 Å². The van der Waals surface area contributed by atoms with Crippen molar-refractivity contribution in [3.63, 3.8) is 0 Å². The average molecular weight is 436 g/mol. The summed E-state index contributed by atoms with van der Waals surface area (Å²) < 4.78 is 4.63. The molecule has 0 radical (unpaired) electrons. The predicted octanol–water partition coefficient (Wildman–Crippen LogP) is 3.85. The van der Waals surface area contributed by atoms with Gasteiger partial charge in [0.1, 0.15) is 0 Å². The third kappa shape index (κ3) is 6.78. The number of ether oxygens (including phenoxy) is 1. The van der Waals surface area contributed by atoms with Gasteiger partial charge in [-0.2, -0.15) is 0 Å². The van der Waals surface area contributed by atoms with E-state index in [9.17, 15) is 14.4 Å². The number of nitrogens with one attached hydrogen (secondary N) is 3. The summed E-state index contributed by atoms with van der Waals surface area (Å²) in [5.41, 5.74) is 3.50. The lowest BCUT2D eigenvalue weighted by atomic mass is 10.1. The second-order valence-corrected chi connectivity index (χ2v) is 7.60. The fourth-order valence-electron chi connectivity index (χ4n) is 3.48. The number of aryl methyl sites for hydroxylation is 1. The fraction of sp³-hybridized carbons (Fsp3) is 0.320. The van der Waals surface area contributed by atoms with Crippen LogP contribution in [0.25, 0.3) is 10.9 Å². The Morgan fingerprint density at radius 2 is 1.69 bits per heavy atom. The molecule has 0 atom stereocenters. The van der Waals surface area contributed by atoms with Gasteiger partial charge in [0.05, 0.1) is 7.11 Å². The second-order valence-electron chi connectivity index (χ2n) is 7.60. The van der Waals surface area contributed by atoms with E-state index >= 15 is 0 Å². The Morgan fingerprint density at radius 1 is 0.938 bits per heavy atom.